The molecule has 0 saturated heterocycles. The second-order valence-corrected chi connectivity index (χ2v) is 10.2. The Labute approximate surface area is 163 Å². The van der Waals surface area contributed by atoms with Crippen molar-refractivity contribution in [2.24, 2.45) is 5.92 Å². The van der Waals surface area contributed by atoms with Gasteiger partial charge in [-0.2, -0.15) is 8.78 Å². The van der Waals surface area contributed by atoms with Gasteiger partial charge in [0.1, 0.15) is 4.88 Å². The molecule has 1 aromatic carbocycles. The Balaban J connectivity index is 1.83. The van der Waals surface area contributed by atoms with Gasteiger partial charge in [-0.1, -0.05) is 44.2 Å². The molecule has 4 nitrogen and oxygen atoms in total. The summed E-state index contributed by atoms with van der Waals surface area (Å²) in [5.74, 6) is 0.708. The van der Waals surface area contributed by atoms with Gasteiger partial charge in [-0.25, -0.2) is 0 Å². The highest BCUT2D eigenvalue weighted by molar-refractivity contribution is 9.10. The number of fused-ring (bicyclic) bond motifs is 1. The quantitative estimate of drug-likeness (QED) is 0.437. The van der Waals surface area contributed by atoms with Crippen LogP contribution in [0.4, 0.5) is 14.5 Å². The van der Waals surface area contributed by atoms with Gasteiger partial charge in [0.15, 0.2) is 0 Å². The molecular weight excluding hydrogens is 447 g/mol. The van der Waals surface area contributed by atoms with E-state index in [9.17, 15) is 13.3 Å². The van der Waals surface area contributed by atoms with Gasteiger partial charge in [0.05, 0.1) is 10.4 Å². The first-order chi connectivity index (χ1) is 12.2. The van der Waals surface area contributed by atoms with Crippen molar-refractivity contribution in [3.05, 3.63) is 27.5 Å². The maximum Gasteiger partial charge on any atom is 0.400 e. The fraction of sp³-hybridized carbons (Fsp3) is 0.529. The number of hydrogen-bond donors (Lipinski definition) is 3. The van der Waals surface area contributed by atoms with Crippen molar-refractivity contribution in [1.29, 1.82) is 0 Å². The lowest BCUT2D eigenvalue weighted by molar-refractivity contribution is 0.0595. The van der Waals surface area contributed by atoms with Gasteiger partial charge < -0.3 is 15.1 Å². The van der Waals surface area contributed by atoms with E-state index in [2.05, 4.69) is 21.2 Å². The molecule has 0 spiro atoms. The molecule has 0 unspecified atom stereocenters. The Morgan fingerprint density at radius 1 is 1.27 bits per heavy atom. The summed E-state index contributed by atoms with van der Waals surface area (Å²) in [7, 11) is -5.60. The van der Waals surface area contributed by atoms with Crippen LogP contribution < -0.4 is 5.32 Å². The van der Waals surface area contributed by atoms with E-state index in [-0.39, 0.29) is 4.47 Å². The summed E-state index contributed by atoms with van der Waals surface area (Å²) in [5, 5.41) is 3.84. The molecule has 1 aliphatic carbocycles. The summed E-state index contributed by atoms with van der Waals surface area (Å²) in [4.78, 5) is 17.4. The van der Waals surface area contributed by atoms with E-state index >= 15 is 0 Å². The summed E-state index contributed by atoms with van der Waals surface area (Å²) in [6.07, 6.45) is 7.39. The van der Waals surface area contributed by atoms with Gasteiger partial charge in [-0.15, -0.1) is 11.3 Å². The average molecular weight is 468 g/mol. The van der Waals surface area contributed by atoms with E-state index in [1.54, 1.807) is 12.1 Å². The summed E-state index contributed by atoms with van der Waals surface area (Å²) >= 11 is 3.82. The minimum atomic E-state index is -5.60. The zero-order valence-electron chi connectivity index (χ0n) is 14.1. The predicted molar refractivity (Wildman–Crippen MR) is 105 cm³/mol. The van der Waals surface area contributed by atoms with Crippen LogP contribution in [0.25, 0.3) is 10.1 Å². The normalized spacial score (nSPS) is 17.0. The highest BCUT2D eigenvalue weighted by Gasteiger charge is 2.53. The fourth-order valence-electron chi connectivity index (χ4n) is 3.44. The lowest BCUT2D eigenvalue weighted by Crippen LogP contribution is -2.12. The third-order valence-corrected chi connectivity index (χ3v) is 8.39. The fourth-order valence-corrected chi connectivity index (χ4v) is 6.47. The SMILES string of the molecule is O=P(O)(O)C(F)(F)c1sc2c(NCCC3CCCCC3)cccc2c1Br. The Kier molecular flexibility index (Phi) is 6.09. The van der Waals surface area contributed by atoms with Gasteiger partial charge in [-0.3, -0.25) is 4.57 Å². The maximum absolute atomic E-state index is 14.2. The van der Waals surface area contributed by atoms with Crippen molar-refractivity contribution in [2.45, 2.75) is 44.2 Å². The number of benzene rings is 1. The molecule has 3 rings (SSSR count). The molecule has 144 valence electrons. The number of hydrogen-bond acceptors (Lipinski definition) is 3. The van der Waals surface area contributed by atoms with Crippen LogP contribution in [-0.2, 0) is 10.2 Å². The number of anilines is 1. The molecule has 0 atom stereocenters. The minimum absolute atomic E-state index is 0.0433. The van der Waals surface area contributed by atoms with Crippen LogP contribution >= 0.6 is 34.9 Å². The van der Waals surface area contributed by atoms with Crippen LogP contribution in [0.3, 0.4) is 0 Å². The van der Waals surface area contributed by atoms with Gasteiger partial charge in [0, 0.05) is 16.4 Å². The first-order valence-electron chi connectivity index (χ1n) is 8.60. The molecule has 1 aromatic heterocycles. The molecule has 9 heteroatoms. The molecule has 1 fully saturated rings. The first kappa shape index (κ1) is 20.2. The number of alkyl halides is 2. The Hall–Kier alpha value is -0.530. The topological polar surface area (TPSA) is 69.6 Å². The van der Waals surface area contributed by atoms with Gasteiger partial charge in [-0.05, 0) is 34.3 Å². The van der Waals surface area contributed by atoms with E-state index in [4.69, 9.17) is 9.79 Å². The van der Waals surface area contributed by atoms with Crippen LogP contribution in [0.15, 0.2) is 22.7 Å². The highest BCUT2D eigenvalue weighted by Crippen LogP contribution is 2.63. The Morgan fingerprint density at radius 3 is 2.62 bits per heavy atom. The van der Waals surface area contributed by atoms with Gasteiger partial charge in [0.2, 0.25) is 0 Å². The maximum atomic E-state index is 14.2. The number of rotatable bonds is 6. The molecule has 0 bridgehead atoms. The molecular formula is C17H21BrF2NO3PS. The van der Waals surface area contributed by atoms with Crippen molar-refractivity contribution in [3.63, 3.8) is 0 Å². The summed E-state index contributed by atoms with van der Waals surface area (Å²) in [6.45, 7) is 0.753. The second kappa shape index (κ2) is 7.84. The summed E-state index contributed by atoms with van der Waals surface area (Å²) in [6, 6.07) is 5.23. The monoisotopic (exact) mass is 467 g/mol. The highest BCUT2D eigenvalue weighted by atomic mass is 79.9. The molecule has 2 aromatic rings. The van der Waals surface area contributed by atoms with Crippen LogP contribution in [0.1, 0.15) is 43.4 Å². The number of thiophene rings is 1. The van der Waals surface area contributed by atoms with E-state index in [1.807, 2.05) is 6.07 Å². The zero-order valence-corrected chi connectivity index (χ0v) is 17.3. The summed E-state index contributed by atoms with van der Waals surface area (Å²) in [5.41, 5.74) is -3.49. The first-order valence-corrected chi connectivity index (χ1v) is 11.8. The average Bonchev–Trinajstić information content (AvgIpc) is 2.93. The summed E-state index contributed by atoms with van der Waals surface area (Å²) < 4.78 is 40.2. The van der Waals surface area contributed by atoms with E-state index in [1.165, 1.54) is 32.1 Å². The van der Waals surface area contributed by atoms with Crippen molar-refractivity contribution < 1.29 is 23.1 Å². The second-order valence-electron chi connectivity index (χ2n) is 6.73. The predicted octanol–water partition coefficient (Wildman–Crippen LogP) is 6.27. The van der Waals surface area contributed by atoms with Crippen LogP contribution in [0.2, 0.25) is 0 Å². The van der Waals surface area contributed by atoms with Crippen LogP contribution in [0.5, 0.6) is 0 Å². The Bertz CT molecular complexity index is 833. The minimum Gasteiger partial charge on any atom is -0.384 e. The molecule has 1 saturated carbocycles. The standard InChI is InChI=1S/C17H21BrF2NO3PS/c18-14-12-7-4-8-13(21-10-9-11-5-2-1-3-6-11)15(12)26-16(14)17(19,20)25(22,23)24/h4,7-8,11,21H,1-3,5-6,9-10H2,(H2,22,23,24). The lowest BCUT2D eigenvalue weighted by atomic mass is 9.87. The van der Waals surface area contributed by atoms with Crippen molar-refractivity contribution >= 4 is 50.6 Å². The van der Waals surface area contributed by atoms with E-state index < -0.39 is 18.1 Å². The van der Waals surface area contributed by atoms with Crippen molar-refractivity contribution in [3.8, 4) is 0 Å². The molecule has 0 radical (unpaired) electrons. The van der Waals surface area contributed by atoms with Crippen molar-refractivity contribution in [1.82, 2.24) is 0 Å². The van der Waals surface area contributed by atoms with E-state index in [0.29, 0.717) is 16.0 Å². The molecule has 0 aliphatic heterocycles. The van der Waals surface area contributed by atoms with Gasteiger partial charge >= 0.3 is 13.3 Å². The molecule has 0 amide bonds. The smallest absolute Gasteiger partial charge is 0.384 e. The van der Waals surface area contributed by atoms with Crippen LogP contribution in [0, 0.1) is 5.92 Å². The molecule has 3 N–H and O–H groups in total. The van der Waals surface area contributed by atoms with Crippen LogP contribution in [-0.4, -0.2) is 16.3 Å². The molecule has 1 aliphatic rings. The zero-order chi connectivity index (χ0) is 18.9. The van der Waals surface area contributed by atoms with Gasteiger partial charge in [0.25, 0.3) is 0 Å². The molecule has 1 heterocycles. The third-order valence-electron chi connectivity index (χ3n) is 4.89. The number of nitrogens with one attached hydrogen (secondary N) is 1. The Morgan fingerprint density at radius 2 is 1.96 bits per heavy atom. The number of halogens is 3. The van der Waals surface area contributed by atoms with Crippen molar-refractivity contribution in [2.75, 3.05) is 11.9 Å². The van der Waals surface area contributed by atoms with E-state index in [0.717, 1.165) is 30.0 Å². The molecule has 26 heavy (non-hydrogen) atoms. The third kappa shape index (κ3) is 3.99. The largest absolute Gasteiger partial charge is 0.400 e. The lowest BCUT2D eigenvalue weighted by Gasteiger charge is -2.21.